The van der Waals surface area contributed by atoms with Gasteiger partial charge in [-0.2, -0.15) is 26.3 Å². The summed E-state index contributed by atoms with van der Waals surface area (Å²) in [6, 6.07) is 1.04. The van der Waals surface area contributed by atoms with Gasteiger partial charge in [-0.15, -0.1) is 0 Å². The number of benzene rings is 1. The average Bonchev–Trinajstić information content (AvgIpc) is 2.14. The van der Waals surface area contributed by atoms with Crippen LogP contribution in [0.4, 0.5) is 26.3 Å². The second-order valence-corrected chi connectivity index (χ2v) is 2.91. The summed E-state index contributed by atoms with van der Waals surface area (Å²) >= 11 is 0. The molecule has 0 saturated carbocycles. The third-order valence-electron chi connectivity index (χ3n) is 1.83. The molecule has 0 aliphatic rings. The molecule has 1 rings (SSSR count). The Bertz CT molecular complexity index is 379. The fourth-order valence-electron chi connectivity index (χ4n) is 1.10. The first-order valence-corrected chi connectivity index (χ1v) is 3.98. The van der Waals surface area contributed by atoms with Crippen LogP contribution in [0.15, 0.2) is 18.2 Å². The highest BCUT2D eigenvalue weighted by Crippen LogP contribution is 2.39. The molecule has 0 aromatic heterocycles. The van der Waals surface area contributed by atoms with E-state index in [1.165, 1.54) is 0 Å². The summed E-state index contributed by atoms with van der Waals surface area (Å²) < 4.78 is 77.8. The van der Waals surface area contributed by atoms with Crippen molar-refractivity contribution in [2.75, 3.05) is 7.11 Å². The standard InChI is InChI=1S/C9H6F6O/c1-16-7-4-5(8(10,11)12)2-3-6(7)9(13,14)15/h2-4H,1H3. The van der Waals surface area contributed by atoms with E-state index in [2.05, 4.69) is 4.74 Å². The Kier molecular flexibility index (Phi) is 3.07. The first-order chi connectivity index (χ1) is 7.16. The molecule has 0 atom stereocenters. The molecule has 0 aliphatic carbocycles. The summed E-state index contributed by atoms with van der Waals surface area (Å²) in [5.41, 5.74) is -2.42. The van der Waals surface area contributed by atoms with E-state index in [0.717, 1.165) is 7.11 Å². The van der Waals surface area contributed by atoms with Gasteiger partial charge in [-0.25, -0.2) is 0 Å². The first-order valence-electron chi connectivity index (χ1n) is 3.98. The predicted octanol–water partition coefficient (Wildman–Crippen LogP) is 3.73. The van der Waals surface area contributed by atoms with Crippen LogP contribution in [0.3, 0.4) is 0 Å². The SMILES string of the molecule is COc1cc(C(F)(F)F)ccc1C(F)(F)F. The number of rotatable bonds is 1. The van der Waals surface area contributed by atoms with Crippen molar-refractivity contribution in [2.45, 2.75) is 12.4 Å². The smallest absolute Gasteiger partial charge is 0.419 e. The summed E-state index contributed by atoms with van der Waals surface area (Å²) in [5, 5.41) is 0. The molecule has 1 nitrogen and oxygen atoms in total. The molecule has 0 bridgehead atoms. The molecule has 0 N–H and O–H groups in total. The highest BCUT2D eigenvalue weighted by atomic mass is 19.4. The number of alkyl halides is 6. The lowest BCUT2D eigenvalue weighted by Gasteiger charge is -2.14. The van der Waals surface area contributed by atoms with Crippen molar-refractivity contribution in [2.24, 2.45) is 0 Å². The maximum atomic E-state index is 12.3. The van der Waals surface area contributed by atoms with Crippen LogP contribution in [-0.4, -0.2) is 7.11 Å². The van der Waals surface area contributed by atoms with E-state index in [4.69, 9.17) is 0 Å². The second-order valence-electron chi connectivity index (χ2n) is 2.91. The molecule has 0 unspecified atom stereocenters. The average molecular weight is 244 g/mol. The van der Waals surface area contributed by atoms with E-state index in [-0.39, 0.29) is 0 Å². The minimum Gasteiger partial charge on any atom is -0.496 e. The van der Waals surface area contributed by atoms with Gasteiger partial charge < -0.3 is 4.74 Å². The van der Waals surface area contributed by atoms with Gasteiger partial charge in [0.1, 0.15) is 5.75 Å². The number of halogens is 6. The van der Waals surface area contributed by atoms with Gasteiger partial charge in [-0.05, 0) is 18.2 Å². The van der Waals surface area contributed by atoms with E-state index in [1.54, 1.807) is 0 Å². The Balaban J connectivity index is 3.28. The highest BCUT2D eigenvalue weighted by molar-refractivity contribution is 5.40. The lowest BCUT2D eigenvalue weighted by Crippen LogP contribution is -2.10. The monoisotopic (exact) mass is 244 g/mol. The van der Waals surface area contributed by atoms with Crippen molar-refractivity contribution < 1.29 is 31.1 Å². The molecule has 0 radical (unpaired) electrons. The molecule has 0 fully saturated rings. The fourth-order valence-corrected chi connectivity index (χ4v) is 1.10. The van der Waals surface area contributed by atoms with Crippen molar-refractivity contribution in [1.29, 1.82) is 0 Å². The first kappa shape index (κ1) is 12.7. The van der Waals surface area contributed by atoms with Crippen LogP contribution in [0.25, 0.3) is 0 Å². The van der Waals surface area contributed by atoms with Crippen molar-refractivity contribution in [3.8, 4) is 5.75 Å². The normalized spacial score (nSPS) is 12.7. The van der Waals surface area contributed by atoms with Gasteiger partial charge in [0.25, 0.3) is 0 Å². The number of ether oxygens (including phenoxy) is 1. The zero-order chi connectivity index (χ0) is 12.6. The zero-order valence-electron chi connectivity index (χ0n) is 7.91. The molecule has 0 amide bonds. The van der Waals surface area contributed by atoms with Gasteiger partial charge >= 0.3 is 12.4 Å². The third kappa shape index (κ3) is 2.59. The van der Waals surface area contributed by atoms with E-state index in [0.29, 0.717) is 18.2 Å². The number of methoxy groups -OCH3 is 1. The van der Waals surface area contributed by atoms with Gasteiger partial charge in [0.2, 0.25) is 0 Å². The van der Waals surface area contributed by atoms with Gasteiger partial charge in [0.15, 0.2) is 0 Å². The molecule has 90 valence electrons. The summed E-state index contributed by atoms with van der Waals surface area (Å²) in [6.07, 6.45) is -9.44. The van der Waals surface area contributed by atoms with Crippen LogP contribution in [0.5, 0.6) is 5.75 Å². The summed E-state index contributed by atoms with van der Waals surface area (Å²) in [4.78, 5) is 0. The summed E-state index contributed by atoms with van der Waals surface area (Å²) in [6.45, 7) is 0. The van der Waals surface area contributed by atoms with Crippen molar-refractivity contribution in [3.63, 3.8) is 0 Å². The molecule has 7 heteroatoms. The summed E-state index contributed by atoms with van der Waals surface area (Å²) in [7, 11) is 0.880. The van der Waals surface area contributed by atoms with E-state index in [1.807, 2.05) is 0 Å². The zero-order valence-corrected chi connectivity index (χ0v) is 7.91. The molecule has 1 aromatic carbocycles. The largest absolute Gasteiger partial charge is 0.496 e. The van der Waals surface area contributed by atoms with Gasteiger partial charge in [-0.1, -0.05) is 0 Å². The minimum absolute atomic E-state index is 0.322. The molecule has 0 spiro atoms. The molecule has 1 aromatic rings. The van der Waals surface area contributed by atoms with Gasteiger partial charge in [0, 0.05) is 0 Å². The lowest BCUT2D eigenvalue weighted by atomic mass is 10.1. The third-order valence-corrected chi connectivity index (χ3v) is 1.83. The van der Waals surface area contributed by atoms with Gasteiger partial charge in [0.05, 0.1) is 18.2 Å². The van der Waals surface area contributed by atoms with E-state index in [9.17, 15) is 26.3 Å². The quantitative estimate of drug-likeness (QED) is 0.684. The van der Waals surface area contributed by atoms with Gasteiger partial charge in [-0.3, -0.25) is 0 Å². The van der Waals surface area contributed by atoms with E-state index >= 15 is 0 Å². The van der Waals surface area contributed by atoms with E-state index < -0.39 is 29.2 Å². The Morgan fingerprint density at radius 2 is 1.50 bits per heavy atom. The topological polar surface area (TPSA) is 9.23 Å². The molecular weight excluding hydrogens is 238 g/mol. The van der Waals surface area contributed by atoms with Crippen LogP contribution < -0.4 is 4.74 Å². The maximum absolute atomic E-state index is 12.3. The van der Waals surface area contributed by atoms with Crippen LogP contribution >= 0.6 is 0 Å². The Labute approximate surface area is 86.6 Å². The lowest BCUT2D eigenvalue weighted by molar-refractivity contribution is -0.142. The predicted molar refractivity (Wildman–Crippen MR) is 43.0 cm³/mol. The Morgan fingerprint density at radius 1 is 0.938 bits per heavy atom. The van der Waals surface area contributed by atoms with Crippen molar-refractivity contribution in [1.82, 2.24) is 0 Å². The van der Waals surface area contributed by atoms with Crippen molar-refractivity contribution >= 4 is 0 Å². The Morgan fingerprint density at radius 3 is 1.88 bits per heavy atom. The second kappa shape index (κ2) is 3.88. The van der Waals surface area contributed by atoms with Crippen LogP contribution in [0.1, 0.15) is 11.1 Å². The maximum Gasteiger partial charge on any atom is 0.419 e. The fraction of sp³-hybridized carbons (Fsp3) is 0.333. The highest BCUT2D eigenvalue weighted by Gasteiger charge is 2.37. The molecule has 0 aliphatic heterocycles. The summed E-state index contributed by atoms with van der Waals surface area (Å²) in [5.74, 6) is -0.845. The van der Waals surface area contributed by atoms with Crippen LogP contribution in [-0.2, 0) is 12.4 Å². The minimum atomic E-state index is -4.74. The van der Waals surface area contributed by atoms with Crippen LogP contribution in [0, 0.1) is 0 Å². The number of hydrogen-bond donors (Lipinski definition) is 0. The Hall–Kier alpha value is -1.40. The molecule has 0 heterocycles. The molecule has 0 saturated heterocycles. The molecule has 16 heavy (non-hydrogen) atoms. The molecular formula is C9H6F6O. The van der Waals surface area contributed by atoms with Crippen LogP contribution in [0.2, 0.25) is 0 Å². The number of hydrogen-bond acceptors (Lipinski definition) is 1. The van der Waals surface area contributed by atoms with Crippen molar-refractivity contribution in [3.05, 3.63) is 29.3 Å².